The standard InChI is InChI=1S/C17H23N3O3S/c1-17(2,3)13-9-24-16-18-8-12(15(23)20(13)16)14(22)19-10-4-6-11(21)7-5-10/h8-11,21H,4-7H2,1-3H3,(H,19,22). The van der Waals surface area contributed by atoms with E-state index >= 15 is 0 Å². The minimum atomic E-state index is -0.380. The fourth-order valence-corrected chi connectivity index (χ4v) is 4.12. The molecule has 1 aliphatic carbocycles. The Hall–Kier alpha value is -1.73. The van der Waals surface area contributed by atoms with Gasteiger partial charge in [-0.1, -0.05) is 20.8 Å². The molecule has 0 aromatic carbocycles. The zero-order valence-corrected chi connectivity index (χ0v) is 15.0. The molecule has 7 heteroatoms. The molecule has 0 spiro atoms. The van der Waals surface area contributed by atoms with E-state index in [4.69, 9.17) is 0 Å². The second-order valence-corrected chi connectivity index (χ2v) is 8.28. The number of carbonyl (C=O) groups excluding carboxylic acids is 1. The maximum absolute atomic E-state index is 12.8. The monoisotopic (exact) mass is 349 g/mol. The van der Waals surface area contributed by atoms with E-state index in [9.17, 15) is 14.7 Å². The number of amides is 1. The Labute approximate surface area is 144 Å². The number of rotatable bonds is 2. The largest absolute Gasteiger partial charge is 0.393 e. The predicted molar refractivity (Wildman–Crippen MR) is 93.8 cm³/mol. The van der Waals surface area contributed by atoms with E-state index in [0.717, 1.165) is 18.5 Å². The summed E-state index contributed by atoms with van der Waals surface area (Å²) < 4.78 is 1.55. The van der Waals surface area contributed by atoms with Crippen molar-refractivity contribution >= 4 is 22.2 Å². The second kappa shape index (κ2) is 6.29. The van der Waals surface area contributed by atoms with Crippen molar-refractivity contribution in [2.45, 2.75) is 64.0 Å². The van der Waals surface area contributed by atoms with Gasteiger partial charge in [0.2, 0.25) is 0 Å². The number of thiazole rings is 1. The van der Waals surface area contributed by atoms with Gasteiger partial charge in [0, 0.05) is 28.7 Å². The van der Waals surface area contributed by atoms with E-state index in [-0.39, 0.29) is 34.6 Å². The molecule has 2 aromatic rings. The first-order valence-corrected chi connectivity index (χ1v) is 9.14. The molecule has 6 nitrogen and oxygen atoms in total. The Bertz CT molecular complexity index is 811. The van der Waals surface area contributed by atoms with E-state index in [1.54, 1.807) is 4.40 Å². The molecule has 3 rings (SSSR count). The molecule has 1 amide bonds. The third-order valence-electron chi connectivity index (χ3n) is 4.49. The summed E-state index contributed by atoms with van der Waals surface area (Å²) in [4.78, 5) is 30.2. The van der Waals surface area contributed by atoms with Crippen molar-refractivity contribution < 1.29 is 9.90 Å². The van der Waals surface area contributed by atoms with E-state index in [1.807, 2.05) is 26.2 Å². The van der Waals surface area contributed by atoms with Crippen LogP contribution in [0.1, 0.15) is 62.5 Å². The zero-order valence-electron chi connectivity index (χ0n) is 14.2. The summed E-state index contributed by atoms with van der Waals surface area (Å²) in [5, 5.41) is 14.4. The first-order valence-electron chi connectivity index (χ1n) is 8.26. The third-order valence-corrected chi connectivity index (χ3v) is 5.33. The van der Waals surface area contributed by atoms with Crippen LogP contribution < -0.4 is 10.9 Å². The molecule has 0 saturated heterocycles. The van der Waals surface area contributed by atoms with Gasteiger partial charge in [0.1, 0.15) is 5.56 Å². The SMILES string of the molecule is CC(C)(C)c1csc2ncc(C(=O)NC3CCC(O)CC3)c(=O)n12. The molecule has 0 unspecified atom stereocenters. The van der Waals surface area contributed by atoms with Crippen LogP contribution in [0.15, 0.2) is 16.4 Å². The van der Waals surface area contributed by atoms with E-state index < -0.39 is 0 Å². The summed E-state index contributed by atoms with van der Waals surface area (Å²) in [7, 11) is 0. The maximum Gasteiger partial charge on any atom is 0.271 e. The highest BCUT2D eigenvalue weighted by Crippen LogP contribution is 2.25. The quantitative estimate of drug-likeness (QED) is 0.869. The topological polar surface area (TPSA) is 83.7 Å². The van der Waals surface area contributed by atoms with Gasteiger partial charge in [0.15, 0.2) is 4.96 Å². The lowest BCUT2D eigenvalue weighted by atomic mass is 9.93. The Kier molecular flexibility index (Phi) is 4.48. The van der Waals surface area contributed by atoms with Crippen molar-refractivity contribution in [3.8, 4) is 0 Å². The lowest BCUT2D eigenvalue weighted by Gasteiger charge is -2.26. The lowest BCUT2D eigenvalue weighted by molar-refractivity contribution is 0.0865. The molecule has 2 aromatic heterocycles. The van der Waals surface area contributed by atoms with Crippen LogP contribution in [0.4, 0.5) is 0 Å². The van der Waals surface area contributed by atoms with Gasteiger partial charge in [-0.05, 0) is 25.7 Å². The van der Waals surface area contributed by atoms with Gasteiger partial charge in [-0.2, -0.15) is 0 Å². The molecule has 0 radical (unpaired) electrons. The van der Waals surface area contributed by atoms with Gasteiger partial charge >= 0.3 is 0 Å². The van der Waals surface area contributed by atoms with Gasteiger partial charge in [-0.15, -0.1) is 11.3 Å². The summed E-state index contributed by atoms with van der Waals surface area (Å²) >= 11 is 1.40. The Morgan fingerprint density at radius 1 is 1.33 bits per heavy atom. The van der Waals surface area contributed by atoms with Crippen LogP contribution in [0.25, 0.3) is 4.96 Å². The van der Waals surface area contributed by atoms with Crippen LogP contribution in [-0.2, 0) is 5.41 Å². The fraction of sp³-hybridized carbons (Fsp3) is 0.588. The molecule has 2 heterocycles. The first kappa shape index (κ1) is 17.1. The number of aromatic nitrogens is 2. The van der Waals surface area contributed by atoms with Gasteiger partial charge < -0.3 is 10.4 Å². The fourth-order valence-electron chi connectivity index (χ4n) is 3.05. The highest BCUT2D eigenvalue weighted by molar-refractivity contribution is 7.15. The molecule has 130 valence electrons. The minimum absolute atomic E-state index is 0.00515. The van der Waals surface area contributed by atoms with Crippen LogP contribution in [0.2, 0.25) is 0 Å². The van der Waals surface area contributed by atoms with Gasteiger partial charge in [-0.3, -0.25) is 14.0 Å². The molecule has 2 N–H and O–H groups in total. The van der Waals surface area contributed by atoms with Gasteiger partial charge in [0.05, 0.1) is 6.10 Å². The molecule has 24 heavy (non-hydrogen) atoms. The number of aliphatic hydroxyl groups is 1. The summed E-state index contributed by atoms with van der Waals surface area (Å²) in [6.07, 6.45) is 3.92. The van der Waals surface area contributed by atoms with Crippen molar-refractivity contribution in [3.05, 3.63) is 33.2 Å². The normalized spacial score (nSPS) is 21.8. The van der Waals surface area contributed by atoms with Crippen LogP contribution in [0.5, 0.6) is 0 Å². The highest BCUT2D eigenvalue weighted by atomic mass is 32.1. The molecule has 1 aliphatic rings. The minimum Gasteiger partial charge on any atom is -0.393 e. The summed E-state index contributed by atoms with van der Waals surface area (Å²) in [6, 6.07) is 0.00515. The lowest BCUT2D eigenvalue weighted by Crippen LogP contribution is -2.41. The van der Waals surface area contributed by atoms with Crippen LogP contribution in [0, 0.1) is 0 Å². The number of aliphatic hydroxyl groups excluding tert-OH is 1. The number of hydrogen-bond acceptors (Lipinski definition) is 5. The Morgan fingerprint density at radius 2 is 2.00 bits per heavy atom. The number of carbonyl (C=O) groups is 1. The zero-order chi connectivity index (χ0) is 17.5. The number of nitrogens with one attached hydrogen (secondary N) is 1. The highest BCUT2D eigenvalue weighted by Gasteiger charge is 2.25. The number of hydrogen-bond donors (Lipinski definition) is 2. The van der Waals surface area contributed by atoms with E-state index in [1.165, 1.54) is 17.5 Å². The van der Waals surface area contributed by atoms with Crippen molar-refractivity contribution in [2.24, 2.45) is 0 Å². The Morgan fingerprint density at radius 3 is 2.62 bits per heavy atom. The van der Waals surface area contributed by atoms with E-state index in [0.29, 0.717) is 17.8 Å². The molecule has 0 bridgehead atoms. The Balaban J connectivity index is 1.91. The van der Waals surface area contributed by atoms with E-state index in [2.05, 4.69) is 10.3 Å². The van der Waals surface area contributed by atoms with Crippen LogP contribution in [0.3, 0.4) is 0 Å². The molecule has 0 aliphatic heterocycles. The van der Waals surface area contributed by atoms with Gasteiger partial charge in [0.25, 0.3) is 11.5 Å². The van der Waals surface area contributed by atoms with Crippen molar-refractivity contribution in [1.82, 2.24) is 14.7 Å². The summed E-state index contributed by atoms with van der Waals surface area (Å²) in [6.45, 7) is 6.09. The molecule has 0 atom stereocenters. The third kappa shape index (κ3) is 3.23. The molecule has 1 saturated carbocycles. The predicted octanol–water partition coefficient (Wildman–Crippen LogP) is 2.09. The summed E-state index contributed by atoms with van der Waals surface area (Å²) in [5.41, 5.74) is 0.399. The maximum atomic E-state index is 12.8. The smallest absolute Gasteiger partial charge is 0.271 e. The van der Waals surface area contributed by atoms with Crippen LogP contribution in [-0.4, -0.2) is 32.5 Å². The molecular formula is C17H23N3O3S. The number of fused-ring (bicyclic) bond motifs is 1. The van der Waals surface area contributed by atoms with Crippen LogP contribution >= 0.6 is 11.3 Å². The number of nitrogens with zero attached hydrogens (tertiary/aromatic N) is 2. The molecular weight excluding hydrogens is 326 g/mol. The average Bonchev–Trinajstić information content (AvgIpc) is 2.95. The summed E-state index contributed by atoms with van der Waals surface area (Å²) in [5.74, 6) is -0.380. The molecule has 1 fully saturated rings. The average molecular weight is 349 g/mol. The van der Waals surface area contributed by atoms with Crippen molar-refractivity contribution in [3.63, 3.8) is 0 Å². The second-order valence-electron chi connectivity index (χ2n) is 7.44. The van der Waals surface area contributed by atoms with Gasteiger partial charge in [-0.25, -0.2) is 4.98 Å². The van der Waals surface area contributed by atoms with Crippen molar-refractivity contribution in [2.75, 3.05) is 0 Å². The first-order chi connectivity index (χ1) is 11.3. The van der Waals surface area contributed by atoms with Crippen molar-refractivity contribution in [1.29, 1.82) is 0 Å².